The van der Waals surface area contributed by atoms with Crippen molar-refractivity contribution < 1.29 is 4.21 Å². The maximum Gasteiger partial charge on any atom is 0.0758 e. The van der Waals surface area contributed by atoms with Crippen LogP contribution in [0.5, 0.6) is 0 Å². The zero-order valence-corrected chi connectivity index (χ0v) is 10.9. The van der Waals surface area contributed by atoms with Gasteiger partial charge in [-0.25, -0.2) is 8.99 Å². The van der Waals surface area contributed by atoms with Crippen molar-refractivity contribution in [3.05, 3.63) is 23.8 Å². The molecule has 90 valence electrons. The van der Waals surface area contributed by atoms with Gasteiger partial charge in [-0.15, -0.1) is 0 Å². The van der Waals surface area contributed by atoms with E-state index in [1.54, 1.807) is 12.1 Å². The van der Waals surface area contributed by atoms with Gasteiger partial charge in [0.1, 0.15) is 0 Å². The molecule has 3 nitrogen and oxygen atoms in total. The Labute approximate surface area is 98.0 Å². The van der Waals surface area contributed by atoms with Gasteiger partial charge in [-0.1, -0.05) is 19.9 Å². The van der Waals surface area contributed by atoms with E-state index in [4.69, 9.17) is 10.5 Å². The van der Waals surface area contributed by atoms with Gasteiger partial charge in [0.05, 0.1) is 14.6 Å². The van der Waals surface area contributed by atoms with Crippen LogP contribution in [-0.2, 0) is 9.73 Å². The van der Waals surface area contributed by atoms with Gasteiger partial charge in [0.25, 0.3) is 0 Å². The Morgan fingerprint density at radius 1 is 1.38 bits per heavy atom. The average molecular weight is 240 g/mol. The minimum absolute atomic E-state index is 0.0898. The highest BCUT2D eigenvalue weighted by Crippen LogP contribution is 2.26. The number of aryl methyl sites for hydroxylation is 1. The molecule has 1 aromatic rings. The van der Waals surface area contributed by atoms with Gasteiger partial charge in [-0.3, -0.25) is 0 Å². The van der Waals surface area contributed by atoms with Gasteiger partial charge < -0.3 is 5.73 Å². The van der Waals surface area contributed by atoms with Crippen LogP contribution in [0.3, 0.4) is 0 Å². The van der Waals surface area contributed by atoms with Crippen molar-refractivity contribution >= 4 is 15.4 Å². The molecule has 0 saturated carbocycles. The highest BCUT2D eigenvalue weighted by Gasteiger charge is 2.22. The standard InChI is InChI=1S/C12H20N2OS/c1-4-11(5-2)16(14,15)12-8-10(13)7-6-9(12)3/h6-8,11,14H,4-5,13H2,1-3H3. The van der Waals surface area contributed by atoms with E-state index in [0.717, 1.165) is 18.4 Å². The predicted octanol–water partition coefficient (Wildman–Crippen LogP) is 3.17. The van der Waals surface area contributed by atoms with Crippen LogP contribution in [0, 0.1) is 11.7 Å². The number of anilines is 1. The molecule has 0 spiro atoms. The molecule has 3 N–H and O–H groups in total. The lowest BCUT2D eigenvalue weighted by molar-refractivity contribution is 0.647. The first-order chi connectivity index (χ1) is 7.43. The van der Waals surface area contributed by atoms with Crippen molar-refractivity contribution in [3.8, 4) is 0 Å². The predicted molar refractivity (Wildman–Crippen MR) is 69.1 cm³/mol. The summed E-state index contributed by atoms with van der Waals surface area (Å²) in [7, 11) is -2.73. The molecule has 0 aliphatic heterocycles. The molecule has 0 saturated heterocycles. The maximum atomic E-state index is 12.5. The Hall–Kier alpha value is -1.03. The fraction of sp³-hybridized carbons (Fsp3) is 0.500. The molecule has 0 heterocycles. The second-order valence-corrected chi connectivity index (χ2v) is 6.37. The Bertz CT molecular complexity index is 462. The molecule has 1 unspecified atom stereocenters. The highest BCUT2D eigenvalue weighted by molar-refractivity contribution is 7.93. The number of rotatable bonds is 4. The summed E-state index contributed by atoms with van der Waals surface area (Å²) >= 11 is 0. The molecule has 1 atom stereocenters. The number of hydrogen-bond donors (Lipinski definition) is 2. The monoisotopic (exact) mass is 240 g/mol. The van der Waals surface area contributed by atoms with Crippen molar-refractivity contribution in [3.63, 3.8) is 0 Å². The molecule has 4 heteroatoms. The third kappa shape index (κ3) is 2.38. The number of hydrogen-bond acceptors (Lipinski definition) is 3. The van der Waals surface area contributed by atoms with Crippen LogP contribution in [0.15, 0.2) is 23.1 Å². The van der Waals surface area contributed by atoms with E-state index >= 15 is 0 Å². The van der Waals surface area contributed by atoms with E-state index in [2.05, 4.69) is 0 Å². The van der Waals surface area contributed by atoms with Gasteiger partial charge in [-0.2, -0.15) is 0 Å². The second kappa shape index (κ2) is 4.87. The summed E-state index contributed by atoms with van der Waals surface area (Å²) in [6, 6.07) is 5.30. The first-order valence-corrected chi connectivity index (χ1v) is 7.19. The molecule has 1 rings (SSSR count). The SMILES string of the molecule is CCC(CC)S(=N)(=O)c1cc(N)ccc1C. The fourth-order valence-corrected chi connectivity index (χ4v) is 4.04. The van der Waals surface area contributed by atoms with Crippen molar-refractivity contribution in [1.82, 2.24) is 0 Å². The van der Waals surface area contributed by atoms with Gasteiger partial charge in [0, 0.05) is 10.9 Å². The van der Waals surface area contributed by atoms with Crippen molar-refractivity contribution in [2.45, 2.75) is 43.8 Å². The summed E-state index contributed by atoms with van der Waals surface area (Å²) in [5.74, 6) is 0. The molecule has 0 aliphatic carbocycles. The first-order valence-electron chi connectivity index (χ1n) is 5.57. The number of benzene rings is 1. The van der Waals surface area contributed by atoms with Crippen LogP contribution in [0.1, 0.15) is 32.3 Å². The maximum absolute atomic E-state index is 12.5. The summed E-state index contributed by atoms with van der Waals surface area (Å²) in [6.07, 6.45) is 1.51. The summed E-state index contributed by atoms with van der Waals surface area (Å²) in [5.41, 5.74) is 7.16. The largest absolute Gasteiger partial charge is 0.399 e. The number of nitrogens with two attached hydrogens (primary N) is 1. The molecule has 0 amide bonds. The van der Waals surface area contributed by atoms with Gasteiger partial charge >= 0.3 is 0 Å². The third-order valence-electron chi connectivity index (χ3n) is 2.92. The van der Waals surface area contributed by atoms with Crippen LogP contribution in [0.25, 0.3) is 0 Å². The molecule has 0 fully saturated rings. The van der Waals surface area contributed by atoms with Crippen LogP contribution in [0.4, 0.5) is 5.69 Å². The Morgan fingerprint density at radius 3 is 2.44 bits per heavy atom. The zero-order chi connectivity index (χ0) is 12.3. The Balaban J connectivity index is 3.31. The molecule has 16 heavy (non-hydrogen) atoms. The Morgan fingerprint density at radius 2 is 1.94 bits per heavy atom. The summed E-state index contributed by atoms with van der Waals surface area (Å²) in [4.78, 5) is 0.598. The minimum Gasteiger partial charge on any atom is -0.399 e. The lowest BCUT2D eigenvalue weighted by Crippen LogP contribution is -2.19. The summed E-state index contributed by atoms with van der Waals surface area (Å²) in [5, 5.41) is -0.0898. The van der Waals surface area contributed by atoms with Crippen LogP contribution < -0.4 is 5.73 Å². The van der Waals surface area contributed by atoms with E-state index < -0.39 is 9.73 Å². The average Bonchev–Trinajstić information content (AvgIpc) is 2.23. The minimum atomic E-state index is -2.73. The lowest BCUT2D eigenvalue weighted by atomic mass is 10.2. The van der Waals surface area contributed by atoms with E-state index in [0.29, 0.717) is 10.6 Å². The van der Waals surface area contributed by atoms with Crippen molar-refractivity contribution in [2.24, 2.45) is 0 Å². The lowest BCUT2D eigenvalue weighted by Gasteiger charge is -2.19. The zero-order valence-electron chi connectivity index (χ0n) is 10.1. The smallest absolute Gasteiger partial charge is 0.0758 e. The topological polar surface area (TPSA) is 66.9 Å². The van der Waals surface area contributed by atoms with Crippen LogP contribution in [-0.4, -0.2) is 9.46 Å². The van der Waals surface area contributed by atoms with Gasteiger partial charge in [0.2, 0.25) is 0 Å². The van der Waals surface area contributed by atoms with E-state index in [1.165, 1.54) is 0 Å². The number of nitrogens with one attached hydrogen (secondary N) is 1. The van der Waals surface area contributed by atoms with Crippen molar-refractivity contribution in [2.75, 3.05) is 5.73 Å². The van der Waals surface area contributed by atoms with Crippen molar-refractivity contribution in [1.29, 1.82) is 4.78 Å². The van der Waals surface area contributed by atoms with E-state index in [-0.39, 0.29) is 5.25 Å². The molecule has 0 bridgehead atoms. The van der Waals surface area contributed by atoms with Gasteiger partial charge in [0.15, 0.2) is 0 Å². The molecule has 0 aromatic heterocycles. The molecule has 1 aromatic carbocycles. The quantitative estimate of drug-likeness (QED) is 0.794. The molecule has 0 aliphatic rings. The first kappa shape index (κ1) is 13.0. The third-order valence-corrected chi connectivity index (χ3v) is 5.62. The fourth-order valence-electron chi connectivity index (χ4n) is 1.88. The van der Waals surface area contributed by atoms with Crippen LogP contribution >= 0.6 is 0 Å². The Kier molecular flexibility index (Phi) is 3.97. The normalized spacial score (nSPS) is 15.0. The second-order valence-electron chi connectivity index (χ2n) is 4.06. The summed E-state index contributed by atoms with van der Waals surface area (Å²) < 4.78 is 20.7. The molecular formula is C12H20N2OS. The van der Waals surface area contributed by atoms with Gasteiger partial charge in [-0.05, 0) is 37.5 Å². The van der Waals surface area contributed by atoms with Crippen LogP contribution in [0.2, 0.25) is 0 Å². The van der Waals surface area contributed by atoms with E-state index in [1.807, 2.05) is 26.8 Å². The number of nitrogen functional groups attached to an aromatic ring is 1. The summed E-state index contributed by atoms with van der Waals surface area (Å²) in [6.45, 7) is 5.83. The van der Waals surface area contributed by atoms with E-state index in [9.17, 15) is 4.21 Å². The molecular weight excluding hydrogens is 220 g/mol. The molecule has 0 radical (unpaired) electrons. The highest BCUT2D eigenvalue weighted by atomic mass is 32.2.